The molecule has 0 radical (unpaired) electrons. The number of carboxylic acids is 1. The first-order chi connectivity index (χ1) is 7.36. The monoisotopic (exact) mass is 263 g/mol. The second kappa shape index (κ2) is 4.82. The molecule has 0 spiro atoms. The van der Waals surface area contributed by atoms with E-state index in [1.807, 2.05) is 0 Å². The van der Waals surface area contributed by atoms with Crippen LogP contribution in [0.2, 0.25) is 5.02 Å². The molecule has 0 aliphatic heterocycles. The molecule has 0 atom stereocenters. The van der Waals surface area contributed by atoms with Gasteiger partial charge in [-0.2, -0.15) is 0 Å². The van der Waals surface area contributed by atoms with Crippen molar-refractivity contribution in [1.29, 1.82) is 0 Å². The Kier molecular flexibility index (Phi) is 3.90. The minimum atomic E-state index is -3.66. The van der Waals surface area contributed by atoms with Gasteiger partial charge in [-0.3, -0.25) is 4.79 Å². The summed E-state index contributed by atoms with van der Waals surface area (Å²) < 4.78 is 25.2. The fourth-order valence-electron chi connectivity index (χ4n) is 1.15. The zero-order valence-corrected chi connectivity index (χ0v) is 9.97. The van der Waals surface area contributed by atoms with E-state index in [4.69, 9.17) is 16.7 Å². The van der Waals surface area contributed by atoms with Crippen molar-refractivity contribution < 1.29 is 18.3 Å². The van der Waals surface area contributed by atoms with E-state index in [0.717, 1.165) is 0 Å². The highest BCUT2D eigenvalue weighted by Gasteiger charge is 2.16. The minimum absolute atomic E-state index is 0.0588. The minimum Gasteiger partial charge on any atom is -0.481 e. The molecule has 0 unspecified atom stereocenters. The quantitative estimate of drug-likeness (QED) is 0.845. The van der Waals surface area contributed by atoms with E-state index >= 15 is 0 Å². The molecule has 1 aromatic rings. The maximum atomic E-state index is 11.5. The van der Waals surface area contributed by atoms with Crippen LogP contribution in [0.4, 0.5) is 0 Å². The second-order valence-electron chi connectivity index (χ2n) is 3.04. The van der Waals surface area contributed by atoms with Gasteiger partial charge in [0.2, 0.25) is 10.0 Å². The summed E-state index contributed by atoms with van der Waals surface area (Å²) in [6, 6.07) is 4.09. The van der Waals surface area contributed by atoms with Gasteiger partial charge in [-0.15, -0.1) is 0 Å². The highest BCUT2D eigenvalue weighted by Crippen LogP contribution is 2.22. The highest BCUT2D eigenvalue weighted by atomic mass is 35.5. The average Bonchev–Trinajstić information content (AvgIpc) is 2.20. The molecule has 0 amide bonds. The fourth-order valence-corrected chi connectivity index (χ4v) is 2.42. The van der Waals surface area contributed by atoms with Crippen molar-refractivity contribution in [2.24, 2.45) is 0 Å². The summed E-state index contributed by atoms with van der Waals surface area (Å²) in [6.07, 6.45) is -0.247. The van der Waals surface area contributed by atoms with Gasteiger partial charge in [0, 0.05) is 0 Å². The van der Waals surface area contributed by atoms with Gasteiger partial charge in [-0.05, 0) is 24.7 Å². The van der Waals surface area contributed by atoms with Crippen molar-refractivity contribution in [3.8, 4) is 0 Å². The lowest BCUT2D eigenvalue weighted by molar-refractivity contribution is -0.136. The molecular formula is C9H10ClNO4S. The third kappa shape index (κ3) is 2.94. The Balaban J connectivity index is 3.24. The van der Waals surface area contributed by atoms with Crippen LogP contribution in [0.25, 0.3) is 0 Å². The van der Waals surface area contributed by atoms with Gasteiger partial charge in [0.1, 0.15) is 4.90 Å². The maximum Gasteiger partial charge on any atom is 0.307 e. The van der Waals surface area contributed by atoms with Crippen LogP contribution in [0.3, 0.4) is 0 Å². The Labute approximate surface area is 98.1 Å². The van der Waals surface area contributed by atoms with Gasteiger partial charge < -0.3 is 5.11 Å². The van der Waals surface area contributed by atoms with Crippen molar-refractivity contribution in [2.45, 2.75) is 11.3 Å². The van der Waals surface area contributed by atoms with Crippen molar-refractivity contribution >= 4 is 27.6 Å². The lowest BCUT2D eigenvalue weighted by Gasteiger charge is -2.06. The van der Waals surface area contributed by atoms with E-state index in [1.165, 1.54) is 25.2 Å². The molecule has 0 bridgehead atoms. The largest absolute Gasteiger partial charge is 0.481 e. The van der Waals surface area contributed by atoms with Gasteiger partial charge in [0.15, 0.2) is 0 Å². The normalized spacial score (nSPS) is 11.4. The van der Waals surface area contributed by atoms with Crippen molar-refractivity contribution in [2.75, 3.05) is 7.05 Å². The number of nitrogens with one attached hydrogen (secondary N) is 1. The average molecular weight is 264 g/mol. The van der Waals surface area contributed by atoms with Gasteiger partial charge >= 0.3 is 5.97 Å². The molecule has 0 aromatic heterocycles. The third-order valence-electron chi connectivity index (χ3n) is 1.91. The van der Waals surface area contributed by atoms with Gasteiger partial charge in [-0.25, -0.2) is 13.1 Å². The smallest absolute Gasteiger partial charge is 0.307 e. The third-order valence-corrected chi connectivity index (χ3v) is 3.81. The zero-order chi connectivity index (χ0) is 12.3. The molecule has 16 heavy (non-hydrogen) atoms. The molecule has 2 N–H and O–H groups in total. The SMILES string of the molecule is CNS(=O)(=O)c1cc(CC(=O)O)ccc1Cl. The Morgan fingerprint density at radius 2 is 2.12 bits per heavy atom. The van der Waals surface area contributed by atoms with E-state index in [1.54, 1.807) is 0 Å². The van der Waals surface area contributed by atoms with Crippen LogP contribution in [-0.2, 0) is 21.2 Å². The Morgan fingerprint density at radius 3 is 2.62 bits per heavy atom. The fraction of sp³-hybridized carbons (Fsp3) is 0.222. The summed E-state index contributed by atoms with van der Waals surface area (Å²) in [7, 11) is -2.40. The van der Waals surface area contributed by atoms with E-state index < -0.39 is 16.0 Å². The number of carboxylic acid groups (broad SMARTS) is 1. The lowest BCUT2D eigenvalue weighted by Crippen LogP contribution is -2.19. The predicted octanol–water partition coefficient (Wildman–Crippen LogP) is 0.875. The predicted molar refractivity (Wildman–Crippen MR) is 59.0 cm³/mol. The summed E-state index contributed by atoms with van der Waals surface area (Å²) in [5.74, 6) is -1.03. The number of halogens is 1. The summed E-state index contributed by atoms with van der Waals surface area (Å²) in [4.78, 5) is 10.4. The van der Waals surface area contributed by atoms with Gasteiger partial charge in [0.05, 0.1) is 11.4 Å². The first-order valence-corrected chi connectivity index (χ1v) is 6.16. The van der Waals surface area contributed by atoms with Crippen molar-refractivity contribution in [3.05, 3.63) is 28.8 Å². The highest BCUT2D eigenvalue weighted by molar-refractivity contribution is 7.89. The van der Waals surface area contributed by atoms with E-state index in [9.17, 15) is 13.2 Å². The number of hydrogen-bond donors (Lipinski definition) is 2. The van der Waals surface area contributed by atoms with E-state index in [2.05, 4.69) is 4.72 Å². The molecule has 5 nitrogen and oxygen atoms in total. The molecule has 0 heterocycles. The molecule has 1 aromatic carbocycles. The van der Waals surface area contributed by atoms with Crippen LogP contribution in [0, 0.1) is 0 Å². The van der Waals surface area contributed by atoms with Crippen LogP contribution in [0.1, 0.15) is 5.56 Å². The van der Waals surface area contributed by atoms with Crippen LogP contribution >= 0.6 is 11.6 Å². The van der Waals surface area contributed by atoms with Crippen molar-refractivity contribution in [3.63, 3.8) is 0 Å². The van der Waals surface area contributed by atoms with E-state index in [-0.39, 0.29) is 16.3 Å². The molecule has 0 saturated heterocycles. The molecule has 0 fully saturated rings. The maximum absolute atomic E-state index is 11.5. The molecule has 7 heteroatoms. The van der Waals surface area contributed by atoms with Crippen LogP contribution in [0.5, 0.6) is 0 Å². The standard InChI is InChI=1S/C9H10ClNO4S/c1-11-16(14,15)8-4-6(5-9(12)13)2-3-7(8)10/h2-4,11H,5H2,1H3,(H,12,13). The van der Waals surface area contributed by atoms with Crippen LogP contribution < -0.4 is 4.72 Å². The number of hydrogen-bond acceptors (Lipinski definition) is 3. The zero-order valence-electron chi connectivity index (χ0n) is 8.40. The first-order valence-electron chi connectivity index (χ1n) is 4.30. The Hall–Kier alpha value is -1.11. The van der Waals surface area contributed by atoms with E-state index in [0.29, 0.717) is 5.56 Å². The number of sulfonamides is 1. The topological polar surface area (TPSA) is 83.5 Å². The molecule has 1 rings (SSSR count). The summed E-state index contributed by atoms with van der Waals surface area (Å²) in [5, 5.41) is 8.65. The second-order valence-corrected chi connectivity index (χ2v) is 5.30. The number of rotatable bonds is 4. The van der Waals surface area contributed by atoms with Crippen molar-refractivity contribution in [1.82, 2.24) is 4.72 Å². The van der Waals surface area contributed by atoms with Gasteiger partial charge in [0.25, 0.3) is 0 Å². The Morgan fingerprint density at radius 1 is 1.50 bits per heavy atom. The summed E-state index contributed by atoms with van der Waals surface area (Å²) >= 11 is 5.73. The molecule has 0 saturated carbocycles. The number of benzene rings is 1. The number of aliphatic carboxylic acids is 1. The van der Waals surface area contributed by atoms with Crippen LogP contribution in [-0.4, -0.2) is 26.5 Å². The summed E-state index contributed by atoms with van der Waals surface area (Å²) in [5.41, 5.74) is 0.380. The molecule has 0 aliphatic carbocycles. The first kappa shape index (κ1) is 13.0. The summed E-state index contributed by atoms with van der Waals surface area (Å²) in [6.45, 7) is 0. The Bertz CT molecular complexity index is 512. The van der Waals surface area contributed by atoms with Crippen LogP contribution in [0.15, 0.2) is 23.1 Å². The molecule has 88 valence electrons. The molecular weight excluding hydrogens is 254 g/mol. The lowest BCUT2D eigenvalue weighted by atomic mass is 10.1. The molecule has 0 aliphatic rings. The van der Waals surface area contributed by atoms with Gasteiger partial charge in [-0.1, -0.05) is 17.7 Å². The number of carbonyl (C=O) groups is 1.